The fraction of sp³-hybridized carbons (Fsp3) is 1.00. The normalized spacial score (nSPS) is 47.8. The first kappa shape index (κ1) is 11.4. The molecule has 2 aliphatic rings. The average Bonchev–Trinajstić information content (AvgIpc) is 2.23. The lowest BCUT2D eigenvalue weighted by Gasteiger charge is -2.42. The van der Waals surface area contributed by atoms with Gasteiger partial charge >= 0.3 is 0 Å². The van der Waals surface area contributed by atoms with E-state index in [1.807, 2.05) is 0 Å². The van der Waals surface area contributed by atoms with Crippen LogP contribution in [0.15, 0.2) is 0 Å². The van der Waals surface area contributed by atoms with Crippen molar-refractivity contribution in [3.63, 3.8) is 0 Å². The van der Waals surface area contributed by atoms with E-state index in [9.17, 15) is 4.39 Å². The van der Waals surface area contributed by atoms with Crippen molar-refractivity contribution in [3.05, 3.63) is 0 Å². The molecule has 0 bridgehead atoms. The minimum atomic E-state index is -0.870. The number of hydrogen-bond acceptors (Lipinski definition) is 1. The van der Waals surface area contributed by atoms with Gasteiger partial charge in [0.1, 0.15) is 5.67 Å². The van der Waals surface area contributed by atoms with Crippen LogP contribution in [0.25, 0.3) is 0 Å². The molecule has 1 nitrogen and oxygen atoms in total. The zero-order valence-electron chi connectivity index (χ0n) is 9.84. The summed E-state index contributed by atoms with van der Waals surface area (Å²) in [6, 6.07) is 0.259. The van der Waals surface area contributed by atoms with Crippen LogP contribution in [0.2, 0.25) is 0 Å². The summed E-state index contributed by atoms with van der Waals surface area (Å²) in [6.45, 7) is 2.27. The van der Waals surface area contributed by atoms with Crippen molar-refractivity contribution in [1.82, 2.24) is 0 Å². The molecule has 2 heteroatoms. The largest absolute Gasteiger partial charge is 0.328 e. The van der Waals surface area contributed by atoms with Gasteiger partial charge in [0, 0.05) is 6.04 Å². The summed E-state index contributed by atoms with van der Waals surface area (Å²) in [6.07, 6.45) is 7.94. The van der Waals surface area contributed by atoms with Crippen molar-refractivity contribution in [3.8, 4) is 0 Å². The summed E-state index contributed by atoms with van der Waals surface area (Å²) in [5.74, 6) is 1.06. The smallest absolute Gasteiger partial charge is 0.114 e. The van der Waals surface area contributed by atoms with Crippen LogP contribution in [0.5, 0.6) is 0 Å². The number of hydrogen-bond donors (Lipinski definition) is 1. The Bertz CT molecular complexity index is 209. The van der Waals surface area contributed by atoms with Crippen LogP contribution in [-0.2, 0) is 0 Å². The summed E-state index contributed by atoms with van der Waals surface area (Å²) >= 11 is 0. The van der Waals surface area contributed by atoms with Crippen LogP contribution in [0.3, 0.4) is 0 Å². The molecule has 2 atom stereocenters. The van der Waals surface area contributed by atoms with Gasteiger partial charge < -0.3 is 5.73 Å². The summed E-state index contributed by atoms with van der Waals surface area (Å²) in [4.78, 5) is 0. The van der Waals surface area contributed by atoms with E-state index in [4.69, 9.17) is 5.73 Å². The first-order chi connectivity index (χ1) is 7.10. The zero-order chi connectivity index (χ0) is 10.9. The third-order valence-electron chi connectivity index (χ3n) is 4.53. The van der Waals surface area contributed by atoms with Crippen molar-refractivity contribution in [2.24, 2.45) is 17.6 Å². The molecule has 0 amide bonds. The molecule has 2 fully saturated rings. The Kier molecular flexibility index (Phi) is 3.34. The van der Waals surface area contributed by atoms with Crippen LogP contribution in [0, 0.1) is 11.8 Å². The van der Waals surface area contributed by atoms with Gasteiger partial charge in [0.25, 0.3) is 0 Å². The van der Waals surface area contributed by atoms with E-state index in [-0.39, 0.29) is 6.04 Å². The summed E-state index contributed by atoms with van der Waals surface area (Å²) in [7, 11) is 0. The van der Waals surface area contributed by atoms with Gasteiger partial charge in [-0.15, -0.1) is 0 Å². The number of alkyl halides is 1. The second-order valence-corrected chi connectivity index (χ2v) is 5.84. The molecular formula is C13H24FN. The molecule has 88 valence electrons. The number of halogens is 1. The molecule has 2 saturated carbocycles. The maximum Gasteiger partial charge on any atom is 0.114 e. The van der Waals surface area contributed by atoms with Crippen molar-refractivity contribution >= 4 is 0 Å². The maximum absolute atomic E-state index is 14.7. The lowest BCUT2D eigenvalue weighted by atomic mass is 9.68. The first-order valence-corrected chi connectivity index (χ1v) is 6.54. The van der Waals surface area contributed by atoms with Gasteiger partial charge in [0.05, 0.1) is 0 Å². The standard InChI is InChI=1S/C13H24FN/c1-10-3-2-4-11(9-10)13(14)7-5-12(15)6-8-13/h10-12H,2-9,15H2,1H3. The Morgan fingerprint density at radius 3 is 2.40 bits per heavy atom. The minimum Gasteiger partial charge on any atom is -0.328 e. The van der Waals surface area contributed by atoms with Gasteiger partial charge in [-0.1, -0.05) is 19.8 Å². The maximum atomic E-state index is 14.7. The van der Waals surface area contributed by atoms with Crippen molar-refractivity contribution in [2.75, 3.05) is 0 Å². The molecule has 0 aromatic rings. The van der Waals surface area contributed by atoms with E-state index in [0.29, 0.717) is 18.8 Å². The molecule has 0 spiro atoms. The van der Waals surface area contributed by atoms with Crippen LogP contribution < -0.4 is 5.73 Å². The highest BCUT2D eigenvalue weighted by Gasteiger charge is 2.42. The second-order valence-electron chi connectivity index (χ2n) is 5.84. The molecule has 15 heavy (non-hydrogen) atoms. The third-order valence-corrected chi connectivity index (χ3v) is 4.53. The second kappa shape index (κ2) is 4.40. The molecule has 2 unspecified atom stereocenters. The van der Waals surface area contributed by atoms with Gasteiger partial charge in [-0.25, -0.2) is 4.39 Å². The highest BCUT2D eigenvalue weighted by atomic mass is 19.1. The minimum absolute atomic E-state index is 0.259. The molecular weight excluding hydrogens is 189 g/mol. The fourth-order valence-electron chi connectivity index (χ4n) is 3.43. The summed E-state index contributed by atoms with van der Waals surface area (Å²) in [5, 5.41) is 0. The molecule has 0 saturated heterocycles. The van der Waals surface area contributed by atoms with E-state index >= 15 is 0 Å². The predicted molar refractivity (Wildman–Crippen MR) is 61.4 cm³/mol. The van der Waals surface area contributed by atoms with Crippen LogP contribution in [0.4, 0.5) is 4.39 Å². The van der Waals surface area contributed by atoms with Crippen molar-refractivity contribution in [1.29, 1.82) is 0 Å². The highest BCUT2D eigenvalue weighted by molar-refractivity contribution is 4.94. The molecule has 0 aromatic carbocycles. The van der Waals surface area contributed by atoms with Gasteiger partial charge in [-0.2, -0.15) is 0 Å². The molecule has 0 aliphatic heterocycles. The predicted octanol–water partition coefficient (Wildman–Crippen LogP) is 3.42. The molecule has 0 aromatic heterocycles. The molecule has 2 aliphatic carbocycles. The van der Waals surface area contributed by atoms with E-state index in [0.717, 1.165) is 31.6 Å². The van der Waals surface area contributed by atoms with E-state index < -0.39 is 5.67 Å². The van der Waals surface area contributed by atoms with E-state index in [1.165, 1.54) is 12.8 Å². The summed E-state index contributed by atoms with van der Waals surface area (Å²) in [5.41, 5.74) is 4.98. The number of nitrogens with two attached hydrogens (primary N) is 1. The van der Waals surface area contributed by atoms with Gasteiger partial charge in [-0.05, 0) is 50.4 Å². The summed E-state index contributed by atoms with van der Waals surface area (Å²) < 4.78 is 14.7. The molecule has 2 rings (SSSR count). The highest BCUT2D eigenvalue weighted by Crippen LogP contribution is 2.45. The SMILES string of the molecule is CC1CCCC(C2(F)CCC(N)CC2)C1. The Morgan fingerprint density at radius 1 is 1.13 bits per heavy atom. The lowest BCUT2D eigenvalue weighted by Crippen LogP contribution is -2.42. The monoisotopic (exact) mass is 213 g/mol. The molecule has 0 heterocycles. The Labute approximate surface area is 92.6 Å². The van der Waals surface area contributed by atoms with E-state index in [1.54, 1.807) is 0 Å². The zero-order valence-corrected chi connectivity index (χ0v) is 9.84. The quantitative estimate of drug-likeness (QED) is 0.709. The van der Waals surface area contributed by atoms with Crippen LogP contribution >= 0.6 is 0 Å². The average molecular weight is 213 g/mol. The van der Waals surface area contributed by atoms with Gasteiger partial charge in [0.2, 0.25) is 0 Å². The Balaban J connectivity index is 1.95. The Hall–Kier alpha value is -0.110. The molecule has 2 N–H and O–H groups in total. The fourth-order valence-corrected chi connectivity index (χ4v) is 3.43. The van der Waals surface area contributed by atoms with Gasteiger partial charge in [0.15, 0.2) is 0 Å². The van der Waals surface area contributed by atoms with Gasteiger partial charge in [-0.3, -0.25) is 0 Å². The van der Waals surface area contributed by atoms with Crippen LogP contribution in [-0.4, -0.2) is 11.7 Å². The number of rotatable bonds is 1. The molecule has 0 radical (unpaired) electrons. The van der Waals surface area contributed by atoms with E-state index in [2.05, 4.69) is 6.92 Å². The third kappa shape index (κ3) is 2.52. The topological polar surface area (TPSA) is 26.0 Å². The van der Waals surface area contributed by atoms with Crippen LogP contribution in [0.1, 0.15) is 58.3 Å². The van der Waals surface area contributed by atoms with Crippen molar-refractivity contribution in [2.45, 2.75) is 70.0 Å². The lowest BCUT2D eigenvalue weighted by molar-refractivity contribution is 0.00557. The Morgan fingerprint density at radius 2 is 1.80 bits per heavy atom. The first-order valence-electron chi connectivity index (χ1n) is 6.54. The van der Waals surface area contributed by atoms with Crippen molar-refractivity contribution < 1.29 is 4.39 Å².